The van der Waals surface area contributed by atoms with Gasteiger partial charge in [0.25, 0.3) is 0 Å². The van der Waals surface area contributed by atoms with Crippen LogP contribution in [-0.2, 0) is 33.8 Å². The molecule has 1 aliphatic carbocycles. The molecular formula is C54H58N4O11. The number of amides is 2. The van der Waals surface area contributed by atoms with Gasteiger partial charge in [-0.05, 0) is 105 Å². The van der Waals surface area contributed by atoms with Gasteiger partial charge in [0.1, 0.15) is 41.4 Å². The Kier molecular flexibility index (Phi) is 17.3. The van der Waals surface area contributed by atoms with Crippen LogP contribution in [0.5, 0.6) is 23.0 Å². The molecule has 1 aliphatic heterocycles. The van der Waals surface area contributed by atoms with Crippen molar-refractivity contribution in [2.45, 2.75) is 77.8 Å². The minimum atomic E-state index is -1.14. The molecule has 2 atom stereocenters. The van der Waals surface area contributed by atoms with Crippen LogP contribution in [0.3, 0.4) is 0 Å². The van der Waals surface area contributed by atoms with Crippen molar-refractivity contribution in [3.63, 3.8) is 0 Å². The van der Waals surface area contributed by atoms with Crippen LogP contribution < -0.4 is 18.9 Å². The number of carboxylic acids is 1. The molecule has 2 amide bonds. The summed E-state index contributed by atoms with van der Waals surface area (Å²) in [6.45, 7) is 7.48. The van der Waals surface area contributed by atoms with E-state index < -0.39 is 18.6 Å². The van der Waals surface area contributed by atoms with E-state index >= 15 is 0 Å². The predicted molar refractivity (Wildman–Crippen MR) is 259 cm³/mol. The Morgan fingerprint density at radius 1 is 0.725 bits per heavy atom. The molecule has 360 valence electrons. The number of hydrogen-bond donors (Lipinski definition) is 1. The first-order valence-electron chi connectivity index (χ1n) is 23.1. The molecule has 1 saturated carbocycles. The van der Waals surface area contributed by atoms with E-state index in [1.807, 2.05) is 106 Å². The lowest BCUT2D eigenvalue weighted by atomic mass is 10.1. The summed E-state index contributed by atoms with van der Waals surface area (Å²) in [7, 11) is 1.39. The van der Waals surface area contributed by atoms with Crippen LogP contribution in [0.2, 0.25) is 0 Å². The van der Waals surface area contributed by atoms with E-state index in [4.69, 9.17) is 37.8 Å². The summed E-state index contributed by atoms with van der Waals surface area (Å²) < 4.78 is 39.5. The third-order valence-corrected chi connectivity index (χ3v) is 11.2. The van der Waals surface area contributed by atoms with E-state index in [0.717, 1.165) is 63.6 Å². The van der Waals surface area contributed by atoms with Crippen LogP contribution in [-0.4, -0.2) is 95.6 Å². The Morgan fingerprint density at radius 2 is 1.33 bits per heavy atom. The molecule has 15 nitrogen and oxygen atoms in total. The number of aromatic nitrogens is 1. The molecule has 0 radical (unpaired) electrons. The Hall–Kier alpha value is -7.81. The highest BCUT2D eigenvalue weighted by Gasteiger charge is 2.28. The molecule has 0 saturated heterocycles. The van der Waals surface area contributed by atoms with E-state index in [1.165, 1.54) is 7.11 Å². The smallest absolute Gasteiger partial charge is 0.416 e. The first-order valence-corrected chi connectivity index (χ1v) is 23.1. The summed E-state index contributed by atoms with van der Waals surface area (Å²) in [5.41, 5.74) is 4.52. The number of oxazole rings is 1. The maximum absolute atomic E-state index is 12.8. The van der Waals surface area contributed by atoms with Crippen LogP contribution in [0.4, 0.5) is 9.59 Å². The lowest BCUT2D eigenvalue weighted by Gasteiger charge is -2.20. The van der Waals surface area contributed by atoms with Crippen molar-refractivity contribution >= 4 is 24.1 Å². The summed E-state index contributed by atoms with van der Waals surface area (Å²) >= 11 is 0. The molecule has 8 rings (SSSR count). The van der Waals surface area contributed by atoms with Gasteiger partial charge in [-0.15, -0.1) is 0 Å². The van der Waals surface area contributed by atoms with Crippen LogP contribution in [0.15, 0.2) is 143 Å². The molecule has 0 spiro atoms. The van der Waals surface area contributed by atoms with Gasteiger partial charge in [-0.25, -0.2) is 19.6 Å². The number of methoxy groups -OCH3 is 1. The molecule has 5 aromatic carbocycles. The Balaban J connectivity index is 0.000000215. The maximum atomic E-state index is 12.8. The van der Waals surface area contributed by atoms with Crippen LogP contribution in [0.25, 0.3) is 11.5 Å². The Bertz CT molecular complexity index is 2620. The fourth-order valence-electron chi connectivity index (χ4n) is 7.25. The quantitative estimate of drug-likeness (QED) is 0.0769. The predicted octanol–water partition coefficient (Wildman–Crippen LogP) is 10.2. The van der Waals surface area contributed by atoms with Crippen LogP contribution in [0, 0.1) is 6.92 Å². The van der Waals surface area contributed by atoms with Crippen molar-refractivity contribution in [1.82, 2.24) is 14.8 Å². The number of aliphatic imine (C=N–C) groups is 1. The molecular weight excluding hydrogens is 881 g/mol. The van der Waals surface area contributed by atoms with Crippen LogP contribution >= 0.6 is 0 Å². The highest BCUT2D eigenvalue weighted by Crippen LogP contribution is 2.29. The van der Waals surface area contributed by atoms with Gasteiger partial charge < -0.3 is 42.8 Å². The zero-order valence-electron chi connectivity index (χ0n) is 39.3. The van der Waals surface area contributed by atoms with Gasteiger partial charge in [0, 0.05) is 49.7 Å². The first kappa shape index (κ1) is 49.1. The second-order valence-electron chi connectivity index (χ2n) is 16.5. The van der Waals surface area contributed by atoms with Crippen molar-refractivity contribution in [2.24, 2.45) is 4.99 Å². The number of hydrogen-bond acceptors (Lipinski definition) is 12. The molecule has 0 bridgehead atoms. The lowest BCUT2D eigenvalue weighted by molar-refractivity contribution is -0.138. The summed E-state index contributed by atoms with van der Waals surface area (Å²) in [6, 6.07) is 41.5. The normalized spacial score (nSPS) is 14.8. The second kappa shape index (κ2) is 24.3. The van der Waals surface area contributed by atoms with Gasteiger partial charge in [-0.2, -0.15) is 0 Å². The Morgan fingerprint density at radius 3 is 1.94 bits per heavy atom. The molecule has 1 N–H and O–H groups in total. The van der Waals surface area contributed by atoms with Gasteiger partial charge in [0.05, 0.1) is 38.2 Å². The number of ether oxygens (including phenoxy) is 6. The number of aryl methyl sites for hydroxylation is 1. The highest BCUT2D eigenvalue weighted by atomic mass is 16.6. The van der Waals surface area contributed by atoms with Gasteiger partial charge in [0.15, 0.2) is 0 Å². The van der Waals surface area contributed by atoms with Crippen molar-refractivity contribution in [3.05, 3.63) is 162 Å². The molecule has 1 aromatic heterocycles. The molecule has 2 aliphatic rings. The van der Waals surface area contributed by atoms with Crippen molar-refractivity contribution in [2.75, 3.05) is 33.4 Å². The number of carboxylic acid groups (broad SMARTS) is 1. The second-order valence-corrected chi connectivity index (χ2v) is 16.5. The Labute approximate surface area is 402 Å². The minimum Gasteiger partial charge on any atom is -0.494 e. The SMILES string of the molecule is CCN(Cc1ccc(OCCC2N=C(c3ccccc3)OC2C)cc1)C(=O)OC.Cc1oc(-c2ccccc2)nc1CCOc1ccc(CN(CC(=O)O)C(=O)Oc2cccc(OC3CC3)c2)cc1. The molecule has 15 heteroatoms. The summed E-state index contributed by atoms with van der Waals surface area (Å²) in [5.74, 6) is 3.26. The minimum absolute atomic E-state index is 0.0366. The third-order valence-electron chi connectivity index (χ3n) is 11.2. The summed E-state index contributed by atoms with van der Waals surface area (Å²) in [5, 5.41) is 9.35. The molecule has 1 fully saturated rings. The van der Waals surface area contributed by atoms with Crippen molar-refractivity contribution in [3.8, 4) is 34.5 Å². The number of carbonyl (C=O) groups is 3. The lowest BCUT2D eigenvalue weighted by Crippen LogP contribution is -2.37. The van der Waals surface area contributed by atoms with Gasteiger partial charge in [0.2, 0.25) is 11.8 Å². The highest BCUT2D eigenvalue weighted by molar-refractivity contribution is 5.95. The number of aliphatic carboxylic acids is 1. The molecule has 6 aromatic rings. The fraction of sp³-hybridized carbons (Fsp3) is 0.315. The largest absolute Gasteiger partial charge is 0.494 e. The average Bonchev–Trinajstić information content (AvgIpc) is 3.99. The van der Waals surface area contributed by atoms with Gasteiger partial charge >= 0.3 is 18.2 Å². The van der Waals surface area contributed by atoms with Crippen LogP contribution in [0.1, 0.15) is 61.3 Å². The van der Waals surface area contributed by atoms with E-state index in [2.05, 4.69) is 4.98 Å². The zero-order valence-corrected chi connectivity index (χ0v) is 39.3. The number of carbonyl (C=O) groups excluding carboxylic acids is 2. The zero-order chi connectivity index (χ0) is 48.5. The standard InChI is InChI=1S/C31H30N2O7.C23H28N2O4/c1-21-28(32-30(38-21)23-6-3-2-4-7-23)16-17-37-24-12-10-22(11-13-24)19-33(20-29(34)35)31(36)40-27-9-5-8-26(18-27)39-25-14-15-25;1-4-25(23(26)27-3)16-18-10-12-20(13-11-18)28-15-14-21-17(2)29-22(24-21)19-8-6-5-7-9-19/h2-13,18,25H,14-17,19-20H2,1H3,(H,34,35);5-13,17,21H,4,14-16H2,1-3H3. The fourth-order valence-corrected chi connectivity index (χ4v) is 7.25. The van der Waals surface area contributed by atoms with Crippen molar-refractivity contribution < 1.29 is 52.3 Å². The monoisotopic (exact) mass is 938 g/mol. The number of nitrogens with zero attached hydrogens (tertiary/aromatic N) is 4. The van der Waals surface area contributed by atoms with Gasteiger partial charge in [-0.3, -0.25) is 9.69 Å². The molecule has 2 heterocycles. The summed E-state index contributed by atoms with van der Waals surface area (Å²) in [6.07, 6.45) is 2.55. The van der Waals surface area contributed by atoms with Gasteiger partial charge in [-0.1, -0.05) is 66.7 Å². The molecule has 2 unspecified atom stereocenters. The number of benzene rings is 5. The number of rotatable bonds is 20. The van der Waals surface area contributed by atoms with Crippen molar-refractivity contribution in [1.29, 1.82) is 0 Å². The average molecular weight is 939 g/mol. The molecule has 69 heavy (non-hydrogen) atoms. The maximum Gasteiger partial charge on any atom is 0.416 e. The topological polar surface area (TPSA) is 172 Å². The van der Waals surface area contributed by atoms with E-state index in [1.54, 1.807) is 53.4 Å². The van der Waals surface area contributed by atoms with E-state index in [9.17, 15) is 19.5 Å². The first-order chi connectivity index (χ1) is 33.5. The van der Waals surface area contributed by atoms with E-state index in [-0.39, 0.29) is 30.9 Å². The summed E-state index contributed by atoms with van der Waals surface area (Å²) in [4.78, 5) is 48.0. The third kappa shape index (κ3) is 14.8. The van der Waals surface area contributed by atoms with E-state index in [0.29, 0.717) is 61.8 Å².